The fraction of sp³-hybridized carbons (Fsp3) is 0.333. The highest BCUT2D eigenvalue weighted by molar-refractivity contribution is 6.31. The van der Waals surface area contributed by atoms with Crippen molar-refractivity contribution in [2.24, 2.45) is 0 Å². The number of carboxylic acids is 1. The number of fused-ring (bicyclic) bond motifs is 1. The number of carbonyl (C=O) groups excluding carboxylic acids is 1. The third-order valence-electron chi connectivity index (χ3n) is 3.01. The zero-order valence-corrected chi connectivity index (χ0v) is 10.8. The van der Waals surface area contributed by atoms with E-state index in [1.54, 1.807) is 24.1 Å². The number of hydrogen-bond acceptors (Lipinski definition) is 3. The smallest absolute Gasteiger partial charge is 0.305 e. The zero-order chi connectivity index (χ0) is 13.4. The van der Waals surface area contributed by atoms with E-state index in [0.29, 0.717) is 10.7 Å². The fourth-order valence-electron chi connectivity index (χ4n) is 2.24. The number of amides is 1. The molecule has 2 rings (SSSR count). The predicted octanol–water partition coefficient (Wildman–Crippen LogP) is 1.88. The normalized spacial score (nSPS) is 18.3. The summed E-state index contributed by atoms with van der Waals surface area (Å²) < 4.78 is 0. The Balaban J connectivity index is 2.45. The molecule has 1 heterocycles. The molecule has 0 saturated heterocycles. The molecule has 0 bridgehead atoms. The Labute approximate surface area is 109 Å². The standard InChI is InChI=1S/C12H13ClN2O3/c1-6-3-7(13)4-8-11(6)15(2)9(5-10(16)17)12(18)14-8/h3-4,9H,5H2,1-2H3,(H,14,18)(H,16,17). The van der Waals surface area contributed by atoms with Crippen LogP contribution in [0.2, 0.25) is 5.02 Å². The number of nitrogens with one attached hydrogen (secondary N) is 1. The molecule has 96 valence electrons. The third kappa shape index (κ3) is 2.13. The molecule has 0 aliphatic carbocycles. The maximum Gasteiger partial charge on any atom is 0.305 e. The molecule has 1 atom stereocenters. The summed E-state index contributed by atoms with van der Waals surface area (Å²) in [5.41, 5.74) is 2.33. The molecule has 0 fully saturated rings. The Morgan fingerprint density at radius 3 is 2.83 bits per heavy atom. The lowest BCUT2D eigenvalue weighted by atomic mass is 10.0. The van der Waals surface area contributed by atoms with Gasteiger partial charge in [-0.1, -0.05) is 11.6 Å². The lowest BCUT2D eigenvalue weighted by molar-refractivity contribution is -0.138. The summed E-state index contributed by atoms with van der Waals surface area (Å²) in [6, 6.07) is 2.75. The first kappa shape index (κ1) is 12.7. The van der Waals surface area contributed by atoms with Gasteiger partial charge in [0.25, 0.3) is 0 Å². The second kappa shape index (κ2) is 4.49. The summed E-state index contributed by atoms with van der Waals surface area (Å²) in [6.45, 7) is 1.87. The van der Waals surface area contributed by atoms with E-state index >= 15 is 0 Å². The number of hydrogen-bond donors (Lipinski definition) is 2. The van der Waals surface area contributed by atoms with Crippen molar-refractivity contribution in [2.45, 2.75) is 19.4 Å². The Hall–Kier alpha value is -1.75. The van der Waals surface area contributed by atoms with Crippen LogP contribution in [-0.2, 0) is 9.59 Å². The SMILES string of the molecule is Cc1cc(Cl)cc2c1N(C)C(CC(=O)O)C(=O)N2. The number of likely N-dealkylation sites (N-methyl/N-ethyl adjacent to an activating group) is 1. The van der Waals surface area contributed by atoms with Crippen LogP contribution in [0.5, 0.6) is 0 Å². The van der Waals surface area contributed by atoms with Gasteiger partial charge in [0.1, 0.15) is 6.04 Å². The predicted molar refractivity (Wildman–Crippen MR) is 69.3 cm³/mol. The Morgan fingerprint density at radius 2 is 2.22 bits per heavy atom. The average molecular weight is 269 g/mol. The molecule has 2 N–H and O–H groups in total. The maximum atomic E-state index is 11.9. The lowest BCUT2D eigenvalue weighted by Gasteiger charge is -2.35. The summed E-state index contributed by atoms with van der Waals surface area (Å²) in [7, 11) is 1.71. The lowest BCUT2D eigenvalue weighted by Crippen LogP contribution is -2.47. The highest BCUT2D eigenvalue weighted by Gasteiger charge is 2.33. The largest absolute Gasteiger partial charge is 0.481 e. The monoisotopic (exact) mass is 268 g/mol. The van der Waals surface area contributed by atoms with Gasteiger partial charge in [-0.15, -0.1) is 0 Å². The van der Waals surface area contributed by atoms with E-state index in [2.05, 4.69) is 5.32 Å². The molecule has 0 spiro atoms. The summed E-state index contributed by atoms with van der Waals surface area (Å²) in [6.07, 6.45) is -0.232. The Kier molecular flexibility index (Phi) is 3.17. The second-order valence-electron chi connectivity index (χ2n) is 4.33. The van der Waals surface area contributed by atoms with Crippen LogP contribution in [-0.4, -0.2) is 30.1 Å². The van der Waals surface area contributed by atoms with Gasteiger partial charge in [-0.3, -0.25) is 9.59 Å². The van der Waals surface area contributed by atoms with Gasteiger partial charge < -0.3 is 15.3 Å². The van der Waals surface area contributed by atoms with Crippen molar-refractivity contribution in [1.82, 2.24) is 0 Å². The highest BCUT2D eigenvalue weighted by atomic mass is 35.5. The van der Waals surface area contributed by atoms with E-state index in [4.69, 9.17) is 16.7 Å². The number of carboxylic acid groups (broad SMARTS) is 1. The van der Waals surface area contributed by atoms with Gasteiger partial charge in [-0.05, 0) is 24.6 Å². The molecule has 0 saturated carbocycles. The van der Waals surface area contributed by atoms with Crippen LogP contribution in [0.1, 0.15) is 12.0 Å². The topological polar surface area (TPSA) is 69.6 Å². The number of aliphatic carboxylic acids is 1. The number of rotatable bonds is 2. The summed E-state index contributed by atoms with van der Waals surface area (Å²) >= 11 is 5.93. The molecule has 1 aromatic rings. The number of nitrogens with zero attached hydrogens (tertiary/aromatic N) is 1. The van der Waals surface area contributed by atoms with Crippen LogP contribution in [0.25, 0.3) is 0 Å². The Bertz CT molecular complexity index is 530. The van der Waals surface area contributed by atoms with E-state index in [1.807, 2.05) is 6.92 Å². The van der Waals surface area contributed by atoms with E-state index in [0.717, 1.165) is 11.3 Å². The first-order valence-electron chi connectivity index (χ1n) is 5.46. The second-order valence-corrected chi connectivity index (χ2v) is 4.77. The summed E-state index contributed by atoms with van der Waals surface area (Å²) in [5, 5.41) is 12.1. The van der Waals surface area contributed by atoms with Crippen molar-refractivity contribution in [3.63, 3.8) is 0 Å². The molecule has 1 aliphatic heterocycles. The first-order valence-corrected chi connectivity index (χ1v) is 5.83. The van der Waals surface area contributed by atoms with Gasteiger partial charge in [0.05, 0.1) is 17.8 Å². The van der Waals surface area contributed by atoms with Crippen molar-refractivity contribution >= 4 is 34.9 Å². The van der Waals surface area contributed by atoms with Crippen LogP contribution >= 0.6 is 11.6 Å². The Morgan fingerprint density at radius 1 is 1.56 bits per heavy atom. The average Bonchev–Trinajstić information content (AvgIpc) is 2.22. The van der Waals surface area contributed by atoms with Crippen LogP contribution in [0, 0.1) is 6.92 Å². The van der Waals surface area contributed by atoms with E-state index in [-0.39, 0.29) is 12.3 Å². The third-order valence-corrected chi connectivity index (χ3v) is 3.23. The number of halogens is 1. The van der Waals surface area contributed by atoms with Crippen molar-refractivity contribution in [1.29, 1.82) is 0 Å². The van der Waals surface area contributed by atoms with E-state index < -0.39 is 12.0 Å². The molecule has 1 aromatic carbocycles. The van der Waals surface area contributed by atoms with Crippen LogP contribution in [0.4, 0.5) is 11.4 Å². The van der Waals surface area contributed by atoms with E-state index in [9.17, 15) is 9.59 Å². The van der Waals surface area contributed by atoms with Crippen molar-refractivity contribution in [3.05, 3.63) is 22.7 Å². The molecule has 18 heavy (non-hydrogen) atoms. The number of anilines is 2. The van der Waals surface area contributed by atoms with Crippen LogP contribution in [0.3, 0.4) is 0 Å². The molecule has 5 nitrogen and oxygen atoms in total. The van der Waals surface area contributed by atoms with Gasteiger partial charge in [-0.25, -0.2) is 0 Å². The van der Waals surface area contributed by atoms with Gasteiger partial charge in [0.15, 0.2) is 0 Å². The minimum absolute atomic E-state index is 0.232. The molecule has 6 heteroatoms. The fourth-order valence-corrected chi connectivity index (χ4v) is 2.51. The van der Waals surface area contributed by atoms with Gasteiger partial charge in [-0.2, -0.15) is 0 Å². The number of carbonyl (C=O) groups is 2. The molecule has 0 aromatic heterocycles. The maximum absolute atomic E-state index is 11.9. The minimum atomic E-state index is -1.00. The number of benzene rings is 1. The van der Waals surface area contributed by atoms with Gasteiger partial charge in [0, 0.05) is 12.1 Å². The quantitative estimate of drug-likeness (QED) is 0.859. The van der Waals surface area contributed by atoms with Gasteiger partial charge >= 0.3 is 5.97 Å². The summed E-state index contributed by atoms with van der Waals surface area (Å²) in [4.78, 5) is 24.3. The molecular formula is C12H13ClN2O3. The minimum Gasteiger partial charge on any atom is -0.481 e. The molecule has 1 amide bonds. The molecule has 0 radical (unpaired) electrons. The molecule has 1 unspecified atom stereocenters. The van der Waals surface area contributed by atoms with Crippen molar-refractivity contribution in [2.75, 3.05) is 17.3 Å². The van der Waals surface area contributed by atoms with E-state index in [1.165, 1.54) is 0 Å². The highest BCUT2D eigenvalue weighted by Crippen LogP contribution is 2.37. The number of aryl methyl sites for hydroxylation is 1. The zero-order valence-electron chi connectivity index (χ0n) is 10.0. The molecule has 1 aliphatic rings. The first-order chi connectivity index (χ1) is 8.40. The van der Waals surface area contributed by atoms with Gasteiger partial charge in [0.2, 0.25) is 5.91 Å². The van der Waals surface area contributed by atoms with Crippen LogP contribution < -0.4 is 10.2 Å². The van der Waals surface area contributed by atoms with Crippen molar-refractivity contribution < 1.29 is 14.7 Å². The van der Waals surface area contributed by atoms with Crippen molar-refractivity contribution in [3.8, 4) is 0 Å². The van der Waals surface area contributed by atoms with Crippen LogP contribution in [0.15, 0.2) is 12.1 Å². The molecular weight excluding hydrogens is 256 g/mol. The summed E-state index contributed by atoms with van der Waals surface area (Å²) in [5.74, 6) is -1.33.